The first kappa shape index (κ1) is 11.7. The maximum atomic E-state index is 11.6. The summed E-state index contributed by atoms with van der Waals surface area (Å²) in [5, 5.41) is 5.39. The summed E-state index contributed by atoms with van der Waals surface area (Å²) in [4.78, 5) is 23.1. The molecule has 2 amide bonds. The summed E-state index contributed by atoms with van der Waals surface area (Å²) in [6.07, 6.45) is 3.43. The molecule has 0 aliphatic heterocycles. The van der Waals surface area contributed by atoms with Crippen LogP contribution < -0.4 is 10.6 Å². The lowest BCUT2D eigenvalue weighted by Gasteiger charge is -2.13. The van der Waals surface area contributed by atoms with Crippen molar-refractivity contribution in [1.82, 2.24) is 10.6 Å². The smallest absolute Gasteiger partial charge is 0.242 e. The van der Waals surface area contributed by atoms with Crippen LogP contribution in [0, 0.1) is 5.92 Å². The molecule has 1 atom stereocenters. The molecule has 5 heteroatoms. The molecular formula is C12H16N2O3. The number of amides is 2. The van der Waals surface area contributed by atoms with E-state index < -0.39 is 6.04 Å². The summed E-state index contributed by atoms with van der Waals surface area (Å²) in [6.45, 7) is 2.02. The fraction of sp³-hybridized carbons (Fsp3) is 0.500. The highest BCUT2D eigenvalue weighted by Gasteiger charge is 2.31. The minimum Gasteiger partial charge on any atom is -0.467 e. The summed E-state index contributed by atoms with van der Waals surface area (Å²) in [5.41, 5.74) is 0. The molecule has 0 aromatic carbocycles. The Morgan fingerprint density at radius 2 is 2.29 bits per heavy atom. The molecule has 1 aromatic heterocycles. The SMILES string of the molecule is C[C@@H](NC(=O)C1CC1)C(=O)NCc1ccco1. The molecule has 1 aromatic rings. The normalized spacial score (nSPS) is 16.3. The Balaban J connectivity index is 1.72. The first-order valence-corrected chi connectivity index (χ1v) is 5.77. The lowest BCUT2D eigenvalue weighted by Crippen LogP contribution is -2.45. The average Bonchev–Trinajstić information content (AvgIpc) is 3.04. The average molecular weight is 236 g/mol. The predicted octanol–water partition coefficient (Wildman–Crippen LogP) is 0.810. The highest BCUT2D eigenvalue weighted by atomic mass is 16.3. The quantitative estimate of drug-likeness (QED) is 0.794. The van der Waals surface area contributed by atoms with Crippen LogP contribution in [-0.2, 0) is 16.1 Å². The van der Waals surface area contributed by atoms with E-state index in [-0.39, 0.29) is 17.7 Å². The summed E-state index contributed by atoms with van der Waals surface area (Å²) < 4.78 is 5.09. The molecule has 0 unspecified atom stereocenters. The van der Waals surface area contributed by atoms with Crippen LogP contribution >= 0.6 is 0 Å². The van der Waals surface area contributed by atoms with Crippen molar-refractivity contribution in [3.05, 3.63) is 24.2 Å². The van der Waals surface area contributed by atoms with Crippen LogP contribution in [0.2, 0.25) is 0 Å². The van der Waals surface area contributed by atoms with Gasteiger partial charge in [0.1, 0.15) is 11.8 Å². The van der Waals surface area contributed by atoms with E-state index in [4.69, 9.17) is 4.42 Å². The van der Waals surface area contributed by atoms with Gasteiger partial charge in [-0.2, -0.15) is 0 Å². The first-order chi connectivity index (χ1) is 8.16. The predicted molar refractivity (Wildman–Crippen MR) is 60.9 cm³/mol. The van der Waals surface area contributed by atoms with E-state index in [1.54, 1.807) is 25.3 Å². The highest BCUT2D eigenvalue weighted by molar-refractivity contribution is 5.88. The molecule has 0 saturated heterocycles. The highest BCUT2D eigenvalue weighted by Crippen LogP contribution is 2.28. The zero-order valence-corrected chi connectivity index (χ0v) is 9.73. The van der Waals surface area contributed by atoms with Crippen LogP contribution in [0.3, 0.4) is 0 Å². The standard InChI is InChI=1S/C12H16N2O3/c1-8(14-12(16)9-4-5-9)11(15)13-7-10-3-2-6-17-10/h2-3,6,8-9H,4-5,7H2,1H3,(H,13,15)(H,14,16)/t8-/m1/s1. The lowest BCUT2D eigenvalue weighted by atomic mass is 10.2. The second-order valence-corrected chi connectivity index (χ2v) is 4.30. The van der Waals surface area contributed by atoms with Crippen molar-refractivity contribution in [2.24, 2.45) is 5.92 Å². The molecule has 1 aliphatic rings. The van der Waals surface area contributed by atoms with Gasteiger partial charge in [0, 0.05) is 5.92 Å². The van der Waals surface area contributed by atoms with Crippen molar-refractivity contribution < 1.29 is 14.0 Å². The topological polar surface area (TPSA) is 71.3 Å². The van der Waals surface area contributed by atoms with Crippen molar-refractivity contribution in [1.29, 1.82) is 0 Å². The molecule has 0 spiro atoms. The zero-order valence-electron chi connectivity index (χ0n) is 9.73. The molecule has 92 valence electrons. The van der Waals surface area contributed by atoms with E-state index in [9.17, 15) is 9.59 Å². The second kappa shape index (κ2) is 5.03. The third kappa shape index (κ3) is 3.34. The van der Waals surface area contributed by atoms with Gasteiger partial charge in [-0.15, -0.1) is 0 Å². The molecule has 2 N–H and O–H groups in total. The first-order valence-electron chi connectivity index (χ1n) is 5.77. The molecule has 1 saturated carbocycles. The fourth-order valence-electron chi connectivity index (χ4n) is 1.48. The maximum absolute atomic E-state index is 11.6. The Morgan fingerprint density at radius 1 is 1.53 bits per heavy atom. The molecule has 2 rings (SSSR count). The van der Waals surface area contributed by atoms with Gasteiger partial charge in [-0.25, -0.2) is 0 Å². The van der Waals surface area contributed by atoms with E-state index in [2.05, 4.69) is 10.6 Å². The molecule has 1 fully saturated rings. The third-order valence-electron chi connectivity index (χ3n) is 2.72. The number of furan rings is 1. The van der Waals surface area contributed by atoms with Crippen LogP contribution in [0.4, 0.5) is 0 Å². The van der Waals surface area contributed by atoms with E-state index in [0.717, 1.165) is 12.8 Å². The Labute approximate surface area is 99.6 Å². The van der Waals surface area contributed by atoms with Crippen LogP contribution in [0.5, 0.6) is 0 Å². The van der Waals surface area contributed by atoms with Crippen molar-refractivity contribution in [3.63, 3.8) is 0 Å². The molecular weight excluding hydrogens is 220 g/mol. The van der Waals surface area contributed by atoms with E-state index in [1.807, 2.05) is 0 Å². The molecule has 1 heterocycles. The Kier molecular flexibility index (Phi) is 3.46. The van der Waals surface area contributed by atoms with E-state index >= 15 is 0 Å². The van der Waals surface area contributed by atoms with Gasteiger partial charge in [-0.05, 0) is 31.9 Å². The van der Waals surface area contributed by atoms with Crippen LogP contribution in [0.1, 0.15) is 25.5 Å². The largest absolute Gasteiger partial charge is 0.467 e. The number of carbonyl (C=O) groups is 2. The van der Waals surface area contributed by atoms with Gasteiger partial charge in [0.05, 0.1) is 12.8 Å². The van der Waals surface area contributed by atoms with Gasteiger partial charge >= 0.3 is 0 Å². The zero-order chi connectivity index (χ0) is 12.3. The van der Waals surface area contributed by atoms with Crippen LogP contribution in [0.15, 0.2) is 22.8 Å². The van der Waals surface area contributed by atoms with E-state index in [1.165, 1.54) is 0 Å². The minimum absolute atomic E-state index is 0.0225. The van der Waals surface area contributed by atoms with Crippen molar-refractivity contribution in [2.45, 2.75) is 32.4 Å². The molecule has 0 bridgehead atoms. The van der Waals surface area contributed by atoms with E-state index in [0.29, 0.717) is 12.3 Å². The number of hydrogen-bond donors (Lipinski definition) is 2. The van der Waals surface area contributed by atoms with Gasteiger partial charge in [0.25, 0.3) is 0 Å². The molecule has 5 nitrogen and oxygen atoms in total. The van der Waals surface area contributed by atoms with Crippen molar-refractivity contribution >= 4 is 11.8 Å². The lowest BCUT2D eigenvalue weighted by molar-refractivity contribution is -0.129. The number of carbonyl (C=O) groups excluding carboxylic acids is 2. The Morgan fingerprint density at radius 3 is 2.88 bits per heavy atom. The van der Waals surface area contributed by atoms with Gasteiger partial charge < -0.3 is 15.1 Å². The van der Waals surface area contributed by atoms with Crippen LogP contribution in [0.25, 0.3) is 0 Å². The monoisotopic (exact) mass is 236 g/mol. The summed E-state index contributed by atoms with van der Waals surface area (Å²) in [6, 6.07) is 3.05. The third-order valence-corrected chi connectivity index (χ3v) is 2.72. The van der Waals surface area contributed by atoms with Gasteiger partial charge in [0.2, 0.25) is 11.8 Å². The summed E-state index contributed by atoms with van der Waals surface area (Å²) in [5.74, 6) is 0.593. The van der Waals surface area contributed by atoms with Crippen molar-refractivity contribution in [2.75, 3.05) is 0 Å². The number of nitrogens with one attached hydrogen (secondary N) is 2. The molecule has 17 heavy (non-hydrogen) atoms. The Hall–Kier alpha value is -1.78. The molecule has 0 radical (unpaired) electrons. The Bertz CT molecular complexity index is 396. The number of rotatable bonds is 5. The summed E-state index contributed by atoms with van der Waals surface area (Å²) in [7, 11) is 0. The fourth-order valence-corrected chi connectivity index (χ4v) is 1.48. The van der Waals surface area contributed by atoms with Gasteiger partial charge in [0.15, 0.2) is 0 Å². The second-order valence-electron chi connectivity index (χ2n) is 4.30. The van der Waals surface area contributed by atoms with Crippen LogP contribution in [-0.4, -0.2) is 17.9 Å². The molecule has 1 aliphatic carbocycles. The van der Waals surface area contributed by atoms with Crippen molar-refractivity contribution in [3.8, 4) is 0 Å². The number of hydrogen-bond acceptors (Lipinski definition) is 3. The van der Waals surface area contributed by atoms with Gasteiger partial charge in [-0.1, -0.05) is 0 Å². The maximum Gasteiger partial charge on any atom is 0.242 e. The summed E-state index contributed by atoms with van der Waals surface area (Å²) >= 11 is 0. The van der Waals surface area contributed by atoms with Gasteiger partial charge in [-0.3, -0.25) is 9.59 Å². The minimum atomic E-state index is -0.502.